The molecule has 3 aromatic rings. The molecule has 1 aromatic heterocycles. The standard InChI is InChI=1S/C23H22ClN3O3S/c1-14-12-18(24)9-10-20(14)30-16(3)22(28)27-26-15(2)17-6-4-7-19(13-17)25-23(29)21-8-5-11-31-21/h4-13,16H,1-3H3,(H,25,29)(H,27,28)/b26-15+. The molecule has 0 aliphatic rings. The summed E-state index contributed by atoms with van der Waals surface area (Å²) in [4.78, 5) is 25.2. The number of carbonyl (C=O) groups excluding carboxylic acids is 2. The Bertz CT molecular complexity index is 1110. The number of carbonyl (C=O) groups is 2. The van der Waals surface area contributed by atoms with Crippen LogP contribution in [-0.2, 0) is 4.79 Å². The zero-order chi connectivity index (χ0) is 22.4. The van der Waals surface area contributed by atoms with Crippen LogP contribution < -0.4 is 15.5 Å². The first-order chi connectivity index (χ1) is 14.8. The van der Waals surface area contributed by atoms with Crippen LogP contribution in [0.1, 0.15) is 34.6 Å². The lowest BCUT2D eigenvalue weighted by Gasteiger charge is -2.15. The highest BCUT2D eigenvalue weighted by Crippen LogP contribution is 2.23. The molecular weight excluding hydrogens is 434 g/mol. The average Bonchev–Trinajstić information content (AvgIpc) is 3.29. The van der Waals surface area contributed by atoms with E-state index < -0.39 is 6.10 Å². The van der Waals surface area contributed by atoms with Crippen molar-refractivity contribution >= 4 is 46.2 Å². The van der Waals surface area contributed by atoms with Gasteiger partial charge >= 0.3 is 0 Å². The molecule has 0 aliphatic heterocycles. The summed E-state index contributed by atoms with van der Waals surface area (Å²) in [5.74, 6) is 0.0382. The van der Waals surface area contributed by atoms with E-state index >= 15 is 0 Å². The molecule has 160 valence electrons. The molecule has 31 heavy (non-hydrogen) atoms. The van der Waals surface area contributed by atoms with Crippen molar-refractivity contribution in [2.24, 2.45) is 5.10 Å². The molecule has 0 saturated carbocycles. The van der Waals surface area contributed by atoms with E-state index in [1.165, 1.54) is 11.3 Å². The minimum Gasteiger partial charge on any atom is -0.481 e. The van der Waals surface area contributed by atoms with Crippen LogP contribution >= 0.6 is 22.9 Å². The van der Waals surface area contributed by atoms with Crippen LogP contribution in [0.25, 0.3) is 0 Å². The largest absolute Gasteiger partial charge is 0.481 e. The Balaban J connectivity index is 1.61. The fourth-order valence-corrected chi connectivity index (χ4v) is 3.55. The van der Waals surface area contributed by atoms with E-state index in [1.54, 1.807) is 50.2 Å². The first kappa shape index (κ1) is 22.5. The molecule has 0 spiro atoms. The average molecular weight is 456 g/mol. The van der Waals surface area contributed by atoms with Gasteiger partial charge < -0.3 is 10.1 Å². The van der Waals surface area contributed by atoms with Gasteiger partial charge in [0.25, 0.3) is 11.8 Å². The minimum absolute atomic E-state index is 0.168. The second kappa shape index (κ2) is 10.2. The highest BCUT2D eigenvalue weighted by molar-refractivity contribution is 7.12. The van der Waals surface area contributed by atoms with Gasteiger partial charge in [0, 0.05) is 10.7 Å². The number of ether oxygens (including phenoxy) is 1. The summed E-state index contributed by atoms with van der Waals surface area (Å²) < 4.78 is 5.71. The number of aryl methyl sites for hydroxylation is 1. The number of hydrazone groups is 1. The zero-order valence-electron chi connectivity index (χ0n) is 17.3. The summed E-state index contributed by atoms with van der Waals surface area (Å²) in [7, 11) is 0. The smallest absolute Gasteiger partial charge is 0.280 e. The van der Waals surface area contributed by atoms with E-state index in [0.717, 1.165) is 11.1 Å². The highest BCUT2D eigenvalue weighted by atomic mass is 35.5. The molecule has 8 heteroatoms. The lowest BCUT2D eigenvalue weighted by Crippen LogP contribution is -2.34. The van der Waals surface area contributed by atoms with Gasteiger partial charge in [-0.1, -0.05) is 29.8 Å². The Hall–Kier alpha value is -3.16. The Morgan fingerprint density at radius 3 is 2.65 bits per heavy atom. The predicted octanol–water partition coefficient (Wildman–Crippen LogP) is 5.27. The van der Waals surface area contributed by atoms with Crippen molar-refractivity contribution in [1.82, 2.24) is 5.43 Å². The van der Waals surface area contributed by atoms with Gasteiger partial charge in [0.2, 0.25) is 0 Å². The molecule has 2 amide bonds. The third-order valence-corrected chi connectivity index (χ3v) is 5.53. The first-order valence-corrected chi connectivity index (χ1v) is 10.8. The number of hydrogen-bond donors (Lipinski definition) is 2. The monoisotopic (exact) mass is 455 g/mol. The van der Waals surface area contributed by atoms with Crippen LogP contribution in [0.2, 0.25) is 5.02 Å². The summed E-state index contributed by atoms with van der Waals surface area (Å²) in [5, 5.41) is 9.49. The highest BCUT2D eigenvalue weighted by Gasteiger charge is 2.15. The van der Waals surface area contributed by atoms with Gasteiger partial charge in [-0.2, -0.15) is 5.10 Å². The van der Waals surface area contributed by atoms with Crippen molar-refractivity contribution < 1.29 is 14.3 Å². The minimum atomic E-state index is -0.743. The number of rotatable bonds is 7. The maximum Gasteiger partial charge on any atom is 0.280 e. The molecule has 1 heterocycles. The molecule has 1 unspecified atom stereocenters. The maximum atomic E-state index is 12.4. The third kappa shape index (κ3) is 6.16. The van der Waals surface area contributed by atoms with Gasteiger partial charge in [0.15, 0.2) is 6.10 Å². The number of anilines is 1. The number of benzene rings is 2. The predicted molar refractivity (Wildman–Crippen MR) is 125 cm³/mol. The summed E-state index contributed by atoms with van der Waals surface area (Å²) in [5.41, 5.74) is 5.38. The summed E-state index contributed by atoms with van der Waals surface area (Å²) >= 11 is 7.32. The molecule has 1 atom stereocenters. The number of hydrogen-bond acceptors (Lipinski definition) is 5. The summed E-state index contributed by atoms with van der Waals surface area (Å²) in [6.45, 7) is 5.28. The Morgan fingerprint density at radius 1 is 1.13 bits per heavy atom. The molecular formula is C23H22ClN3O3S. The molecule has 6 nitrogen and oxygen atoms in total. The summed E-state index contributed by atoms with van der Waals surface area (Å²) in [6, 6.07) is 16.1. The van der Waals surface area contributed by atoms with Crippen molar-refractivity contribution in [1.29, 1.82) is 0 Å². The lowest BCUT2D eigenvalue weighted by atomic mass is 10.1. The second-order valence-electron chi connectivity index (χ2n) is 6.86. The van der Waals surface area contributed by atoms with Gasteiger partial charge in [-0.15, -0.1) is 11.3 Å². The number of halogens is 1. The maximum absolute atomic E-state index is 12.4. The Labute approximate surface area is 189 Å². The van der Waals surface area contributed by atoms with E-state index in [2.05, 4.69) is 15.8 Å². The SMILES string of the molecule is C/C(=N\NC(=O)C(C)Oc1ccc(Cl)cc1C)c1cccc(NC(=O)c2cccs2)c1. The van der Waals surface area contributed by atoms with Crippen LogP contribution in [0.3, 0.4) is 0 Å². The fourth-order valence-electron chi connectivity index (χ4n) is 2.71. The van der Waals surface area contributed by atoms with E-state index in [-0.39, 0.29) is 11.8 Å². The van der Waals surface area contributed by atoms with E-state index in [9.17, 15) is 9.59 Å². The van der Waals surface area contributed by atoms with E-state index in [1.807, 2.05) is 30.5 Å². The number of thiophene rings is 1. The number of amides is 2. The van der Waals surface area contributed by atoms with Crippen molar-refractivity contribution in [3.8, 4) is 5.75 Å². The quantitative estimate of drug-likeness (QED) is 0.376. The zero-order valence-corrected chi connectivity index (χ0v) is 18.9. The van der Waals surface area contributed by atoms with Crippen LogP contribution in [0, 0.1) is 6.92 Å². The second-order valence-corrected chi connectivity index (χ2v) is 8.24. The van der Waals surface area contributed by atoms with Crippen molar-refractivity contribution in [2.45, 2.75) is 26.9 Å². The normalized spacial score (nSPS) is 12.2. The third-order valence-electron chi connectivity index (χ3n) is 4.43. The Morgan fingerprint density at radius 2 is 1.94 bits per heavy atom. The van der Waals surface area contributed by atoms with Gasteiger partial charge in [-0.3, -0.25) is 9.59 Å². The van der Waals surface area contributed by atoms with Crippen LogP contribution in [-0.4, -0.2) is 23.6 Å². The fraction of sp³-hybridized carbons (Fsp3) is 0.174. The van der Waals surface area contributed by atoms with E-state index in [0.29, 0.717) is 27.0 Å². The molecule has 0 fully saturated rings. The van der Waals surface area contributed by atoms with Crippen molar-refractivity contribution in [3.05, 3.63) is 81.0 Å². The van der Waals surface area contributed by atoms with Crippen molar-refractivity contribution in [3.63, 3.8) is 0 Å². The molecule has 2 N–H and O–H groups in total. The van der Waals surface area contributed by atoms with Crippen LogP contribution in [0.5, 0.6) is 5.75 Å². The molecule has 2 aromatic carbocycles. The lowest BCUT2D eigenvalue weighted by molar-refractivity contribution is -0.127. The Kier molecular flexibility index (Phi) is 7.44. The van der Waals surface area contributed by atoms with Crippen LogP contribution in [0.15, 0.2) is 65.1 Å². The number of nitrogens with one attached hydrogen (secondary N) is 2. The van der Waals surface area contributed by atoms with Crippen molar-refractivity contribution in [2.75, 3.05) is 5.32 Å². The van der Waals surface area contributed by atoms with Gasteiger partial charge in [-0.05, 0) is 73.7 Å². The first-order valence-electron chi connectivity index (χ1n) is 9.55. The van der Waals surface area contributed by atoms with Gasteiger partial charge in [0.1, 0.15) is 5.75 Å². The molecule has 0 radical (unpaired) electrons. The summed E-state index contributed by atoms with van der Waals surface area (Å²) in [6.07, 6.45) is -0.743. The topological polar surface area (TPSA) is 79.8 Å². The number of nitrogens with zero attached hydrogens (tertiary/aromatic N) is 1. The van der Waals surface area contributed by atoms with Gasteiger partial charge in [-0.25, -0.2) is 5.43 Å². The van der Waals surface area contributed by atoms with Crippen LogP contribution in [0.4, 0.5) is 5.69 Å². The molecule has 0 bridgehead atoms. The van der Waals surface area contributed by atoms with E-state index in [4.69, 9.17) is 16.3 Å². The molecule has 0 saturated heterocycles. The molecule has 0 aliphatic carbocycles. The molecule has 3 rings (SSSR count). The van der Waals surface area contributed by atoms with Gasteiger partial charge in [0.05, 0.1) is 10.6 Å².